The minimum atomic E-state index is 1.22. The van der Waals surface area contributed by atoms with Gasteiger partial charge < -0.3 is 9.97 Å². The number of hydrogen-bond acceptors (Lipinski definition) is 2. The first kappa shape index (κ1) is 13.4. The highest BCUT2D eigenvalue weighted by molar-refractivity contribution is 7.27. The summed E-state index contributed by atoms with van der Waals surface area (Å²) in [6.07, 6.45) is 0. The van der Waals surface area contributed by atoms with Crippen molar-refractivity contribution in [1.82, 2.24) is 9.97 Å². The van der Waals surface area contributed by atoms with Crippen LogP contribution in [-0.2, 0) is 0 Å². The number of aromatic nitrogens is 2. The second kappa shape index (κ2) is 4.47. The molecule has 26 heavy (non-hydrogen) atoms. The van der Waals surface area contributed by atoms with Gasteiger partial charge in [0.25, 0.3) is 0 Å². The molecule has 0 aliphatic rings. The molecule has 0 unspecified atom stereocenters. The highest BCUT2D eigenvalue weighted by atomic mass is 32.1. The van der Waals surface area contributed by atoms with Crippen molar-refractivity contribution >= 4 is 85.1 Å². The Morgan fingerprint density at radius 1 is 0.462 bits per heavy atom. The lowest BCUT2D eigenvalue weighted by Crippen LogP contribution is -1.74. The van der Waals surface area contributed by atoms with Crippen LogP contribution in [0.1, 0.15) is 0 Å². The third-order valence-corrected chi connectivity index (χ3v) is 7.79. The number of hydrogen-bond donors (Lipinski definition) is 2. The zero-order chi connectivity index (χ0) is 16.8. The van der Waals surface area contributed by atoms with Crippen LogP contribution >= 0.6 is 22.7 Å². The fourth-order valence-electron chi connectivity index (χ4n) is 4.21. The van der Waals surface area contributed by atoms with E-state index in [-0.39, 0.29) is 0 Å². The summed E-state index contributed by atoms with van der Waals surface area (Å²) in [7, 11) is 0. The zero-order valence-electron chi connectivity index (χ0n) is 13.6. The Hall–Kier alpha value is -2.82. The molecule has 2 nitrogen and oxygen atoms in total. The van der Waals surface area contributed by atoms with E-state index >= 15 is 0 Å². The Bertz CT molecular complexity index is 1510. The molecular formula is C22H12N2S2. The van der Waals surface area contributed by atoms with Crippen LogP contribution in [0.25, 0.3) is 62.4 Å². The van der Waals surface area contributed by atoms with Crippen molar-refractivity contribution in [2.45, 2.75) is 0 Å². The maximum absolute atomic E-state index is 3.73. The number of benzene rings is 3. The van der Waals surface area contributed by atoms with Crippen LogP contribution < -0.4 is 0 Å². The Balaban J connectivity index is 1.70. The maximum atomic E-state index is 3.73. The van der Waals surface area contributed by atoms with Gasteiger partial charge in [0.1, 0.15) is 0 Å². The second-order valence-corrected chi connectivity index (χ2v) is 8.87. The first-order valence-corrected chi connectivity index (χ1v) is 10.3. The monoisotopic (exact) mass is 368 g/mol. The number of H-pyrrole nitrogens is 2. The SMILES string of the molecule is c1ccc2c(c1)sc1c3ccc4c([nH]c5c6ccccc6sc45)c3[nH]c21. The van der Waals surface area contributed by atoms with E-state index in [1.165, 1.54) is 62.4 Å². The molecular weight excluding hydrogens is 356 g/mol. The van der Waals surface area contributed by atoms with Gasteiger partial charge in [0.15, 0.2) is 0 Å². The van der Waals surface area contributed by atoms with Crippen LogP contribution in [0, 0.1) is 0 Å². The molecule has 7 aromatic rings. The quantitative estimate of drug-likeness (QED) is 0.280. The van der Waals surface area contributed by atoms with Crippen molar-refractivity contribution < 1.29 is 0 Å². The minimum Gasteiger partial charge on any atom is -0.352 e. The molecule has 0 saturated carbocycles. The third-order valence-electron chi connectivity index (χ3n) is 5.39. The second-order valence-electron chi connectivity index (χ2n) is 6.77. The molecule has 0 amide bonds. The van der Waals surface area contributed by atoms with Crippen molar-refractivity contribution in [3.8, 4) is 0 Å². The fraction of sp³-hybridized carbons (Fsp3) is 0. The molecule has 122 valence electrons. The summed E-state index contributed by atoms with van der Waals surface area (Å²) in [5.41, 5.74) is 4.97. The summed E-state index contributed by atoms with van der Waals surface area (Å²) in [6.45, 7) is 0. The molecule has 7 rings (SSSR count). The zero-order valence-corrected chi connectivity index (χ0v) is 15.2. The average Bonchev–Trinajstić information content (AvgIpc) is 3.38. The normalized spacial score (nSPS) is 12.6. The molecule has 0 atom stereocenters. The van der Waals surface area contributed by atoms with Crippen LogP contribution in [0.4, 0.5) is 0 Å². The van der Waals surface area contributed by atoms with Crippen LogP contribution in [0.15, 0.2) is 60.7 Å². The lowest BCUT2D eigenvalue weighted by atomic mass is 10.2. The van der Waals surface area contributed by atoms with Gasteiger partial charge in [-0.25, -0.2) is 0 Å². The molecule has 2 N–H and O–H groups in total. The predicted octanol–water partition coefficient (Wildman–Crippen LogP) is 7.39. The van der Waals surface area contributed by atoms with Gasteiger partial charge in [0, 0.05) is 30.9 Å². The predicted molar refractivity (Wildman–Crippen MR) is 116 cm³/mol. The number of fused-ring (bicyclic) bond motifs is 11. The van der Waals surface area contributed by atoms with Gasteiger partial charge >= 0.3 is 0 Å². The van der Waals surface area contributed by atoms with Crippen LogP contribution in [0.3, 0.4) is 0 Å². The third kappa shape index (κ3) is 1.49. The summed E-state index contributed by atoms with van der Waals surface area (Å²) in [4.78, 5) is 7.45. The van der Waals surface area contributed by atoms with Crippen molar-refractivity contribution in [1.29, 1.82) is 0 Å². The van der Waals surface area contributed by atoms with Gasteiger partial charge in [-0.1, -0.05) is 48.5 Å². The van der Waals surface area contributed by atoms with E-state index in [2.05, 4.69) is 70.6 Å². The first-order valence-electron chi connectivity index (χ1n) is 8.63. The van der Waals surface area contributed by atoms with Crippen molar-refractivity contribution in [3.63, 3.8) is 0 Å². The minimum absolute atomic E-state index is 1.22. The highest BCUT2D eigenvalue weighted by Gasteiger charge is 2.17. The maximum Gasteiger partial charge on any atom is 0.0719 e. The lowest BCUT2D eigenvalue weighted by Gasteiger charge is -1.95. The van der Waals surface area contributed by atoms with Gasteiger partial charge in [-0.05, 0) is 12.1 Å². The van der Waals surface area contributed by atoms with Crippen molar-refractivity contribution in [3.05, 3.63) is 60.7 Å². The smallest absolute Gasteiger partial charge is 0.0719 e. The summed E-state index contributed by atoms with van der Waals surface area (Å²) in [5.74, 6) is 0. The number of nitrogens with one attached hydrogen (secondary N) is 2. The Morgan fingerprint density at radius 2 is 0.923 bits per heavy atom. The molecule has 0 bridgehead atoms. The van der Waals surface area contributed by atoms with Crippen LogP contribution in [-0.4, -0.2) is 9.97 Å². The molecule has 3 aromatic carbocycles. The van der Waals surface area contributed by atoms with Gasteiger partial charge in [-0.3, -0.25) is 0 Å². The number of rotatable bonds is 0. The van der Waals surface area contributed by atoms with Crippen molar-refractivity contribution in [2.24, 2.45) is 0 Å². The lowest BCUT2D eigenvalue weighted by molar-refractivity contribution is 1.53. The molecule has 0 saturated heterocycles. The van der Waals surface area contributed by atoms with Crippen LogP contribution in [0.5, 0.6) is 0 Å². The van der Waals surface area contributed by atoms with E-state index in [0.29, 0.717) is 0 Å². The van der Waals surface area contributed by atoms with E-state index in [0.717, 1.165) is 0 Å². The summed E-state index contributed by atoms with van der Waals surface area (Å²) >= 11 is 3.75. The molecule has 0 fully saturated rings. The van der Waals surface area contributed by atoms with Crippen LogP contribution in [0.2, 0.25) is 0 Å². The molecule has 0 spiro atoms. The number of thiophene rings is 2. The van der Waals surface area contributed by atoms with E-state index in [4.69, 9.17) is 0 Å². The van der Waals surface area contributed by atoms with E-state index in [9.17, 15) is 0 Å². The molecule has 0 radical (unpaired) electrons. The van der Waals surface area contributed by atoms with Gasteiger partial charge in [0.2, 0.25) is 0 Å². The Morgan fingerprint density at radius 3 is 1.42 bits per heavy atom. The van der Waals surface area contributed by atoms with Gasteiger partial charge in [-0.2, -0.15) is 0 Å². The largest absolute Gasteiger partial charge is 0.352 e. The molecule has 0 aliphatic carbocycles. The fourth-order valence-corrected chi connectivity index (χ4v) is 6.59. The highest BCUT2D eigenvalue weighted by Crippen LogP contribution is 2.44. The topological polar surface area (TPSA) is 31.6 Å². The summed E-state index contributed by atoms with van der Waals surface area (Å²) in [5, 5.41) is 5.25. The number of aromatic amines is 2. The average molecular weight is 368 g/mol. The Kier molecular flexibility index (Phi) is 2.30. The van der Waals surface area contributed by atoms with Gasteiger partial charge in [0.05, 0.1) is 31.5 Å². The standard InChI is InChI=1S/C22H12N2S2/c1-3-7-15-11(5-1)19-21(25-15)13-9-10-14-18(17(13)23-19)24-20-12-6-2-4-8-16(12)26-22(14)20/h1-10,23-24H. The molecule has 4 heteroatoms. The first-order chi connectivity index (χ1) is 12.9. The molecule has 4 aromatic heterocycles. The Labute approximate surface area is 155 Å². The van der Waals surface area contributed by atoms with Gasteiger partial charge in [-0.15, -0.1) is 22.7 Å². The molecule has 4 heterocycles. The van der Waals surface area contributed by atoms with E-state index < -0.39 is 0 Å². The van der Waals surface area contributed by atoms with Crippen molar-refractivity contribution in [2.75, 3.05) is 0 Å². The molecule has 0 aliphatic heterocycles. The summed E-state index contributed by atoms with van der Waals surface area (Å²) < 4.78 is 5.39. The van der Waals surface area contributed by atoms with E-state index in [1.807, 2.05) is 22.7 Å². The van der Waals surface area contributed by atoms with E-state index in [1.54, 1.807) is 0 Å². The summed E-state index contributed by atoms with van der Waals surface area (Å²) in [6, 6.07) is 21.9.